The van der Waals surface area contributed by atoms with Crippen molar-refractivity contribution < 1.29 is 9.90 Å². The predicted molar refractivity (Wildman–Crippen MR) is 97.2 cm³/mol. The molecule has 0 aliphatic carbocycles. The Kier molecular flexibility index (Phi) is 6.79. The number of carbonyl (C=O) groups is 1. The van der Waals surface area contributed by atoms with Gasteiger partial charge in [-0.1, -0.05) is 42.5 Å². The molecule has 2 aromatic carbocycles. The molecule has 0 spiro atoms. The van der Waals surface area contributed by atoms with Crippen molar-refractivity contribution in [1.29, 1.82) is 0 Å². The van der Waals surface area contributed by atoms with E-state index in [4.69, 9.17) is 5.11 Å². The molecule has 1 fully saturated rings. The van der Waals surface area contributed by atoms with E-state index in [1.54, 1.807) is 24.3 Å². The van der Waals surface area contributed by atoms with E-state index in [1.807, 2.05) is 11.0 Å². The minimum absolute atomic E-state index is 0. The van der Waals surface area contributed by atoms with Crippen molar-refractivity contribution in [3.63, 3.8) is 0 Å². The third-order valence-electron chi connectivity index (χ3n) is 4.29. The average Bonchev–Trinajstić information content (AvgIpc) is 2.63. The molecule has 1 saturated heterocycles. The normalized spacial score (nSPS) is 15.0. The maximum atomic E-state index is 12.5. The second-order valence-electron chi connectivity index (χ2n) is 5.91. The summed E-state index contributed by atoms with van der Waals surface area (Å²) in [5.74, 6) is 0.0776. The summed E-state index contributed by atoms with van der Waals surface area (Å²) in [6.45, 7) is 4.26. The van der Waals surface area contributed by atoms with Crippen LogP contribution in [-0.4, -0.2) is 47.0 Å². The molecule has 24 heavy (non-hydrogen) atoms. The van der Waals surface area contributed by atoms with E-state index >= 15 is 0 Å². The summed E-state index contributed by atoms with van der Waals surface area (Å²) in [7, 11) is 0. The molecule has 4 nitrogen and oxygen atoms in total. The minimum Gasteiger partial charge on any atom is -0.392 e. The summed E-state index contributed by atoms with van der Waals surface area (Å²) in [6.07, 6.45) is 0. The number of carbonyl (C=O) groups excluding carboxylic acids is 1. The summed E-state index contributed by atoms with van der Waals surface area (Å²) < 4.78 is 0. The smallest absolute Gasteiger partial charge is 0.253 e. The number of benzene rings is 2. The van der Waals surface area contributed by atoms with Crippen molar-refractivity contribution in [2.24, 2.45) is 0 Å². The van der Waals surface area contributed by atoms with Gasteiger partial charge in [-0.15, -0.1) is 12.4 Å². The van der Waals surface area contributed by atoms with Gasteiger partial charge in [-0.2, -0.15) is 0 Å². The Bertz CT molecular complexity index is 638. The Labute approximate surface area is 149 Å². The molecule has 0 radical (unpaired) electrons. The first-order valence-corrected chi connectivity index (χ1v) is 8.01. The molecule has 0 bridgehead atoms. The molecule has 0 aromatic heterocycles. The van der Waals surface area contributed by atoms with Gasteiger partial charge in [0, 0.05) is 38.3 Å². The third-order valence-corrected chi connectivity index (χ3v) is 4.29. The first-order chi connectivity index (χ1) is 11.3. The Morgan fingerprint density at radius 1 is 0.875 bits per heavy atom. The van der Waals surface area contributed by atoms with Gasteiger partial charge in [0.15, 0.2) is 0 Å². The van der Waals surface area contributed by atoms with E-state index in [1.165, 1.54) is 5.56 Å². The maximum Gasteiger partial charge on any atom is 0.253 e. The Morgan fingerprint density at radius 3 is 2.08 bits per heavy atom. The monoisotopic (exact) mass is 346 g/mol. The maximum absolute atomic E-state index is 12.5. The van der Waals surface area contributed by atoms with Gasteiger partial charge in [-0.25, -0.2) is 0 Å². The van der Waals surface area contributed by atoms with Crippen LogP contribution in [0.4, 0.5) is 0 Å². The largest absolute Gasteiger partial charge is 0.392 e. The molecule has 1 aliphatic heterocycles. The van der Waals surface area contributed by atoms with E-state index in [-0.39, 0.29) is 24.9 Å². The molecule has 0 saturated carbocycles. The van der Waals surface area contributed by atoms with Gasteiger partial charge in [-0.3, -0.25) is 9.69 Å². The number of aliphatic hydroxyl groups is 1. The summed E-state index contributed by atoms with van der Waals surface area (Å²) >= 11 is 0. The zero-order chi connectivity index (χ0) is 16.1. The van der Waals surface area contributed by atoms with Crippen LogP contribution in [0, 0.1) is 0 Å². The Hall–Kier alpha value is -1.88. The molecule has 1 amide bonds. The Balaban J connectivity index is 0.00000208. The number of piperazine rings is 1. The van der Waals surface area contributed by atoms with Crippen molar-refractivity contribution in [1.82, 2.24) is 9.80 Å². The second kappa shape index (κ2) is 8.83. The van der Waals surface area contributed by atoms with Crippen LogP contribution in [0.3, 0.4) is 0 Å². The van der Waals surface area contributed by atoms with E-state index < -0.39 is 0 Å². The zero-order valence-electron chi connectivity index (χ0n) is 13.6. The van der Waals surface area contributed by atoms with Crippen LogP contribution in [0.15, 0.2) is 54.6 Å². The number of nitrogens with zero attached hydrogens (tertiary/aromatic N) is 2. The van der Waals surface area contributed by atoms with E-state index in [2.05, 4.69) is 29.2 Å². The lowest BCUT2D eigenvalue weighted by Gasteiger charge is -2.34. The van der Waals surface area contributed by atoms with Crippen LogP contribution in [0.25, 0.3) is 0 Å². The third kappa shape index (κ3) is 4.57. The van der Waals surface area contributed by atoms with Gasteiger partial charge < -0.3 is 10.0 Å². The topological polar surface area (TPSA) is 43.8 Å². The SMILES string of the molecule is Cl.O=C(c1ccc(CO)cc1)N1CCN(Cc2ccccc2)CC1. The fourth-order valence-corrected chi connectivity index (χ4v) is 2.89. The lowest BCUT2D eigenvalue weighted by Crippen LogP contribution is -2.48. The van der Waals surface area contributed by atoms with Crippen molar-refractivity contribution in [3.8, 4) is 0 Å². The number of rotatable bonds is 4. The molecule has 0 atom stereocenters. The van der Waals surface area contributed by atoms with Gasteiger partial charge in [0.2, 0.25) is 0 Å². The van der Waals surface area contributed by atoms with Crippen LogP contribution >= 0.6 is 12.4 Å². The van der Waals surface area contributed by atoms with Gasteiger partial charge >= 0.3 is 0 Å². The molecule has 1 heterocycles. The van der Waals surface area contributed by atoms with E-state index in [0.717, 1.165) is 38.3 Å². The molecule has 1 N–H and O–H groups in total. The molecule has 5 heteroatoms. The van der Waals surface area contributed by atoms with Crippen molar-refractivity contribution in [2.75, 3.05) is 26.2 Å². The molecule has 128 valence electrons. The molecule has 2 aromatic rings. The van der Waals surface area contributed by atoms with E-state index in [9.17, 15) is 4.79 Å². The summed E-state index contributed by atoms with van der Waals surface area (Å²) in [6, 6.07) is 17.6. The number of aliphatic hydroxyl groups excluding tert-OH is 1. The number of hydrogen-bond donors (Lipinski definition) is 1. The van der Waals surface area contributed by atoms with Gasteiger partial charge in [-0.05, 0) is 23.3 Å². The van der Waals surface area contributed by atoms with Crippen molar-refractivity contribution in [3.05, 3.63) is 71.3 Å². The van der Waals surface area contributed by atoms with Crippen molar-refractivity contribution in [2.45, 2.75) is 13.2 Å². The molecular formula is C19H23ClN2O2. The highest BCUT2D eigenvalue weighted by Crippen LogP contribution is 2.12. The molecule has 3 rings (SSSR count). The minimum atomic E-state index is 0. The number of hydrogen-bond acceptors (Lipinski definition) is 3. The number of amides is 1. The van der Waals surface area contributed by atoms with Gasteiger partial charge in [0.1, 0.15) is 0 Å². The van der Waals surface area contributed by atoms with Crippen LogP contribution in [0.5, 0.6) is 0 Å². The van der Waals surface area contributed by atoms with Crippen LogP contribution < -0.4 is 0 Å². The summed E-state index contributed by atoms with van der Waals surface area (Å²) in [4.78, 5) is 16.8. The van der Waals surface area contributed by atoms with E-state index in [0.29, 0.717) is 5.56 Å². The lowest BCUT2D eigenvalue weighted by molar-refractivity contribution is 0.0628. The highest BCUT2D eigenvalue weighted by Gasteiger charge is 2.22. The Morgan fingerprint density at radius 2 is 1.50 bits per heavy atom. The van der Waals surface area contributed by atoms with Gasteiger partial charge in [0.05, 0.1) is 6.61 Å². The van der Waals surface area contributed by atoms with Crippen LogP contribution in [-0.2, 0) is 13.2 Å². The lowest BCUT2D eigenvalue weighted by atomic mass is 10.1. The molecule has 0 unspecified atom stereocenters. The average molecular weight is 347 g/mol. The van der Waals surface area contributed by atoms with Crippen molar-refractivity contribution >= 4 is 18.3 Å². The summed E-state index contributed by atoms with van der Waals surface area (Å²) in [5, 5.41) is 9.07. The highest BCUT2D eigenvalue weighted by atomic mass is 35.5. The quantitative estimate of drug-likeness (QED) is 0.925. The molecular weight excluding hydrogens is 324 g/mol. The van der Waals surface area contributed by atoms with Gasteiger partial charge in [0.25, 0.3) is 5.91 Å². The van der Waals surface area contributed by atoms with Crippen LogP contribution in [0.1, 0.15) is 21.5 Å². The highest BCUT2D eigenvalue weighted by molar-refractivity contribution is 5.94. The fourth-order valence-electron chi connectivity index (χ4n) is 2.89. The first-order valence-electron chi connectivity index (χ1n) is 8.01. The second-order valence-corrected chi connectivity index (χ2v) is 5.91. The standard InChI is InChI=1S/C19H22N2O2.ClH/c22-15-17-6-8-18(9-7-17)19(23)21-12-10-20(11-13-21)14-16-4-2-1-3-5-16;/h1-9,22H,10-15H2;1H. The zero-order valence-corrected chi connectivity index (χ0v) is 14.4. The fraction of sp³-hybridized carbons (Fsp3) is 0.316. The van der Waals surface area contributed by atoms with Crippen LogP contribution in [0.2, 0.25) is 0 Å². The molecule has 1 aliphatic rings. The predicted octanol–water partition coefficient (Wildman–Crippen LogP) is 2.56. The number of halogens is 1. The first kappa shape index (κ1) is 18.5. The summed E-state index contributed by atoms with van der Waals surface area (Å²) in [5.41, 5.74) is 2.83.